The van der Waals surface area contributed by atoms with Crippen LogP contribution in [0.3, 0.4) is 0 Å². The molecule has 1 amide bonds. The van der Waals surface area contributed by atoms with Crippen molar-refractivity contribution in [2.75, 3.05) is 13.1 Å². The highest BCUT2D eigenvalue weighted by Gasteiger charge is 2.36. The van der Waals surface area contributed by atoms with Gasteiger partial charge in [0.1, 0.15) is 16.5 Å². The van der Waals surface area contributed by atoms with E-state index in [1.54, 1.807) is 5.38 Å². The Morgan fingerprint density at radius 1 is 1.57 bits per heavy atom. The molecule has 0 spiro atoms. The van der Waals surface area contributed by atoms with E-state index in [0.717, 1.165) is 18.1 Å². The second-order valence-corrected chi connectivity index (χ2v) is 6.17. The molecule has 2 aromatic heterocycles. The number of nitrogens with one attached hydrogen (secondary N) is 2. The third kappa shape index (κ3) is 2.79. The lowest BCUT2D eigenvalue weighted by Crippen LogP contribution is -2.54. The number of amides is 1. The van der Waals surface area contributed by atoms with Crippen molar-refractivity contribution >= 4 is 17.2 Å². The van der Waals surface area contributed by atoms with Crippen molar-refractivity contribution < 1.29 is 9.18 Å². The second-order valence-electron chi connectivity index (χ2n) is 5.32. The number of carbonyl (C=O) groups excluding carboxylic acids is 1. The van der Waals surface area contributed by atoms with E-state index in [-0.39, 0.29) is 23.6 Å². The van der Waals surface area contributed by atoms with Gasteiger partial charge in [0.2, 0.25) is 0 Å². The van der Waals surface area contributed by atoms with Crippen molar-refractivity contribution in [1.29, 1.82) is 0 Å². The van der Waals surface area contributed by atoms with Crippen molar-refractivity contribution in [3.05, 3.63) is 45.9 Å². The first kappa shape index (κ1) is 14.1. The Balaban J connectivity index is 1.65. The zero-order chi connectivity index (χ0) is 14.9. The van der Waals surface area contributed by atoms with Gasteiger partial charge in [-0.1, -0.05) is 6.92 Å². The summed E-state index contributed by atoms with van der Waals surface area (Å²) < 4.78 is 13.4. The molecule has 3 rings (SSSR count). The van der Waals surface area contributed by atoms with Crippen LogP contribution in [0, 0.1) is 5.82 Å². The molecule has 0 bridgehead atoms. The van der Waals surface area contributed by atoms with Crippen molar-refractivity contribution in [3.8, 4) is 0 Å². The fraction of sp³-hybridized carbons (Fsp3) is 0.357. The average Bonchev–Trinajstić information content (AvgIpc) is 2.94. The molecule has 1 saturated heterocycles. The van der Waals surface area contributed by atoms with E-state index in [0.29, 0.717) is 5.69 Å². The standard InChI is InChI=1S/C14H15FN4OS/c1-14(7-16-8-14)13-19-11(6-21-13)12(20)18-5-10-9(15)3-2-4-17-10/h2-4,6,16H,5,7-8H2,1H3,(H,18,20). The van der Waals surface area contributed by atoms with E-state index < -0.39 is 5.82 Å². The maximum atomic E-state index is 13.4. The third-order valence-corrected chi connectivity index (χ3v) is 4.68. The number of rotatable bonds is 4. The first-order valence-electron chi connectivity index (χ1n) is 6.63. The van der Waals surface area contributed by atoms with Crippen LogP contribution >= 0.6 is 11.3 Å². The van der Waals surface area contributed by atoms with E-state index in [1.807, 2.05) is 0 Å². The van der Waals surface area contributed by atoms with Gasteiger partial charge in [-0.3, -0.25) is 9.78 Å². The van der Waals surface area contributed by atoms with Gasteiger partial charge in [-0.25, -0.2) is 9.37 Å². The van der Waals surface area contributed by atoms with E-state index >= 15 is 0 Å². The molecule has 1 fully saturated rings. The van der Waals surface area contributed by atoms with Crippen LogP contribution in [0.5, 0.6) is 0 Å². The average molecular weight is 306 g/mol. The van der Waals surface area contributed by atoms with Gasteiger partial charge >= 0.3 is 0 Å². The van der Waals surface area contributed by atoms with Crippen molar-refractivity contribution in [1.82, 2.24) is 20.6 Å². The number of thiazole rings is 1. The molecule has 2 N–H and O–H groups in total. The van der Waals surface area contributed by atoms with Crippen LogP contribution in [-0.4, -0.2) is 29.0 Å². The third-order valence-electron chi connectivity index (χ3n) is 3.53. The van der Waals surface area contributed by atoms with Crippen LogP contribution < -0.4 is 10.6 Å². The highest BCUT2D eigenvalue weighted by molar-refractivity contribution is 7.10. The zero-order valence-electron chi connectivity index (χ0n) is 11.5. The van der Waals surface area contributed by atoms with E-state index in [2.05, 4.69) is 27.5 Å². The topological polar surface area (TPSA) is 66.9 Å². The van der Waals surface area contributed by atoms with Gasteiger partial charge in [-0.05, 0) is 12.1 Å². The van der Waals surface area contributed by atoms with Gasteiger partial charge in [-0.15, -0.1) is 11.3 Å². The molecule has 2 aromatic rings. The maximum absolute atomic E-state index is 13.4. The Morgan fingerprint density at radius 3 is 3.05 bits per heavy atom. The monoisotopic (exact) mass is 306 g/mol. The SMILES string of the molecule is CC1(c2nc(C(=O)NCc3ncccc3F)cs2)CNC1. The molecule has 5 nitrogen and oxygen atoms in total. The van der Waals surface area contributed by atoms with Gasteiger partial charge in [-0.2, -0.15) is 0 Å². The summed E-state index contributed by atoms with van der Waals surface area (Å²) in [6.07, 6.45) is 1.50. The Labute approximate surface area is 125 Å². The van der Waals surface area contributed by atoms with Crippen LogP contribution in [0.2, 0.25) is 0 Å². The Bertz CT molecular complexity index is 668. The van der Waals surface area contributed by atoms with E-state index in [1.165, 1.54) is 29.7 Å². The van der Waals surface area contributed by atoms with Gasteiger partial charge in [0.15, 0.2) is 0 Å². The predicted octanol–water partition coefficient (Wildman–Crippen LogP) is 1.47. The number of pyridine rings is 1. The Kier molecular flexibility index (Phi) is 3.69. The molecule has 110 valence electrons. The maximum Gasteiger partial charge on any atom is 0.271 e. The molecule has 1 aliphatic rings. The molecule has 0 unspecified atom stereocenters. The van der Waals surface area contributed by atoms with Crippen LogP contribution in [0.1, 0.15) is 28.1 Å². The number of hydrogen-bond acceptors (Lipinski definition) is 5. The summed E-state index contributed by atoms with van der Waals surface area (Å²) in [7, 11) is 0. The highest BCUT2D eigenvalue weighted by Crippen LogP contribution is 2.30. The van der Waals surface area contributed by atoms with E-state index in [9.17, 15) is 9.18 Å². The van der Waals surface area contributed by atoms with Crippen molar-refractivity contribution in [2.45, 2.75) is 18.9 Å². The number of nitrogens with zero attached hydrogens (tertiary/aromatic N) is 2. The van der Waals surface area contributed by atoms with Crippen molar-refractivity contribution in [3.63, 3.8) is 0 Å². The second kappa shape index (κ2) is 5.50. The summed E-state index contributed by atoms with van der Waals surface area (Å²) >= 11 is 1.48. The van der Waals surface area contributed by atoms with Gasteiger partial charge in [0.25, 0.3) is 5.91 Å². The molecule has 0 radical (unpaired) electrons. The van der Waals surface area contributed by atoms with Gasteiger partial charge in [0, 0.05) is 30.1 Å². The smallest absolute Gasteiger partial charge is 0.271 e. The number of aromatic nitrogens is 2. The molecule has 0 aliphatic carbocycles. The molecule has 7 heteroatoms. The van der Waals surface area contributed by atoms with Crippen LogP contribution in [0.4, 0.5) is 4.39 Å². The quantitative estimate of drug-likeness (QED) is 0.897. The van der Waals surface area contributed by atoms with Crippen molar-refractivity contribution in [2.24, 2.45) is 0 Å². The van der Waals surface area contributed by atoms with Crippen LogP contribution in [0.25, 0.3) is 0 Å². The summed E-state index contributed by atoms with van der Waals surface area (Å²) in [6.45, 7) is 3.92. The molecule has 1 aliphatic heterocycles. The van der Waals surface area contributed by atoms with Gasteiger partial charge < -0.3 is 10.6 Å². The fourth-order valence-corrected chi connectivity index (χ4v) is 3.07. The Hall–Kier alpha value is -1.86. The molecule has 21 heavy (non-hydrogen) atoms. The minimum atomic E-state index is -0.426. The molecule has 0 atom stereocenters. The molecule has 0 aromatic carbocycles. The first-order valence-corrected chi connectivity index (χ1v) is 7.51. The fourth-order valence-electron chi connectivity index (χ4n) is 2.11. The van der Waals surface area contributed by atoms with Crippen LogP contribution in [-0.2, 0) is 12.0 Å². The molecular weight excluding hydrogens is 291 g/mol. The number of hydrogen-bond donors (Lipinski definition) is 2. The highest BCUT2D eigenvalue weighted by atomic mass is 32.1. The van der Waals surface area contributed by atoms with Crippen LogP contribution in [0.15, 0.2) is 23.7 Å². The minimum Gasteiger partial charge on any atom is -0.345 e. The largest absolute Gasteiger partial charge is 0.345 e. The number of halogens is 1. The zero-order valence-corrected chi connectivity index (χ0v) is 12.3. The Morgan fingerprint density at radius 2 is 2.38 bits per heavy atom. The summed E-state index contributed by atoms with van der Waals surface area (Å²) in [5.41, 5.74) is 0.618. The predicted molar refractivity (Wildman–Crippen MR) is 77.7 cm³/mol. The molecule has 3 heterocycles. The lowest BCUT2D eigenvalue weighted by atomic mass is 9.85. The molecule has 0 saturated carbocycles. The molecular formula is C14H15FN4OS. The lowest BCUT2D eigenvalue weighted by molar-refractivity contribution is 0.0945. The summed E-state index contributed by atoms with van der Waals surface area (Å²) in [5.74, 6) is -0.733. The minimum absolute atomic E-state index is 0.0241. The first-order chi connectivity index (χ1) is 10.1. The number of carbonyl (C=O) groups is 1. The van der Waals surface area contributed by atoms with E-state index in [4.69, 9.17) is 0 Å². The normalized spacial score (nSPS) is 16.3. The van der Waals surface area contributed by atoms with Gasteiger partial charge in [0.05, 0.1) is 12.2 Å². The summed E-state index contributed by atoms with van der Waals surface area (Å²) in [4.78, 5) is 20.3. The lowest BCUT2D eigenvalue weighted by Gasteiger charge is -2.37. The summed E-state index contributed by atoms with van der Waals surface area (Å²) in [5, 5.41) is 8.54. The summed E-state index contributed by atoms with van der Waals surface area (Å²) in [6, 6.07) is 2.83.